The van der Waals surface area contributed by atoms with Gasteiger partial charge in [0.2, 0.25) is 0 Å². The van der Waals surface area contributed by atoms with Crippen LogP contribution in [0.2, 0.25) is 0 Å². The highest BCUT2D eigenvalue weighted by Crippen LogP contribution is 2.18. The van der Waals surface area contributed by atoms with Crippen molar-refractivity contribution in [3.05, 3.63) is 17.0 Å². The predicted octanol–water partition coefficient (Wildman–Crippen LogP) is 0.164. The van der Waals surface area contributed by atoms with Crippen molar-refractivity contribution >= 4 is 15.9 Å². The number of rotatable bonds is 3. The Morgan fingerprint density at radius 1 is 1.53 bits per heavy atom. The largest absolute Gasteiger partial charge is 0.392 e. The minimum absolute atomic E-state index is 0.248. The molecule has 1 aliphatic heterocycles. The van der Waals surface area contributed by atoms with Gasteiger partial charge >= 0.3 is 0 Å². The third-order valence-corrected chi connectivity index (χ3v) is 3.60. The highest BCUT2D eigenvalue weighted by Gasteiger charge is 2.22. The van der Waals surface area contributed by atoms with E-state index in [0.717, 1.165) is 22.5 Å². The number of aliphatic hydroxyl groups is 1. The monoisotopic (exact) mass is 326 g/mol. The zero-order valence-corrected chi connectivity index (χ0v) is 12.1. The summed E-state index contributed by atoms with van der Waals surface area (Å²) in [4.78, 5) is 4.35. The summed E-state index contributed by atoms with van der Waals surface area (Å²) in [5.41, 5.74) is 0.742. The quantitative estimate of drug-likeness (QED) is 0.840. The average molecular weight is 327 g/mol. The van der Waals surface area contributed by atoms with Crippen LogP contribution in [0.15, 0.2) is 17.0 Å². The van der Waals surface area contributed by atoms with Gasteiger partial charge in [-0.25, -0.2) is 4.98 Å². The van der Waals surface area contributed by atoms with E-state index in [0.29, 0.717) is 13.1 Å². The fourth-order valence-corrected chi connectivity index (χ4v) is 2.80. The van der Waals surface area contributed by atoms with E-state index in [1.165, 1.54) is 0 Å². The summed E-state index contributed by atoms with van der Waals surface area (Å²) >= 11 is 3.34. The van der Waals surface area contributed by atoms with Crippen molar-refractivity contribution < 1.29 is 5.11 Å². The van der Waals surface area contributed by atoms with Crippen molar-refractivity contribution in [2.75, 3.05) is 6.54 Å². The Hall–Kier alpha value is -1.25. The normalized spacial score (nSPS) is 23.1. The summed E-state index contributed by atoms with van der Waals surface area (Å²) in [6.07, 6.45) is 4.26. The molecule has 1 saturated heterocycles. The fraction of sp³-hybridized carbons (Fsp3) is 0.545. The Morgan fingerprint density at radius 3 is 3.00 bits per heavy atom. The highest BCUT2D eigenvalue weighted by molar-refractivity contribution is 9.10. The zero-order chi connectivity index (χ0) is 13.4. The molecule has 3 rings (SSSR count). The van der Waals surface area contributed by atoms with Crippen LogP contribution in [0.4, 0.5) is 0 Å². The number of aryl methyl sites for hydroxylation is 1. The lowest BCUT2D eigenvalue weighted by Crippen LogP contribution is -2.26. The molecular weight excluding hydrogens is 312 g/mol. The number of aromatic nitrogens is 5. The number of nitrogens with one attached hydrogen (secondary N) is 1. The summed E-state index contributed by atoms with van der Waals surface area (Å²) in [7, 11) is 1.92. The van der Waals surface area contributed by atoms with Crippen LogP contribution in [0.1, 0.15) is 6.42 Å². The topological polar surface area (TPSA) is 80.8 Å². The van der Waals surface area contributed by atoms with Gasteiger partial charge < -0.3 is 15.0 Å². The molecule has 0 radical (unpaired) electrons. The molecule has 1 aliphatic rings. The smallest absolute Gasteiger partial charge is 0.163 e. The molecule has 2 atom stereocenters. The first-order valence-corrected chi connectivity index (χ1v) is 6.92. The van der Waals surface area contributed by atoms with Crippen LogP contribution >= 0.6 is 15.9 Å². The Kier molecular flexibility index (Phi) is 3.38. The van der Waals surface area contributed by atoms with Crippen molar-refractivity contribution in [3.8, 4) is 11.5 Å². The second-order valence-corrected chi connectivity index (χ2v) is 5.63. The Balaban J connectivity index is 1.74. The van der Waals surface area contributed by atoms with Gasteiger partial charge in [-0.2, -0.15) is 0 Å². The second-order valence-electron chi connectivity index (χ2n) is 4.82. The molecule has 19 heavy (non-hydrogen) atoms. The third-order valence-electron chi connectivity index (χ3n) is 3.22. The van der Waals surface area contributed by atoms with Gasteiger partial charge in [-0.05, 0) is 22.4 Å². The fourth-order valence-electron chi connectivity index (χ4n) is 2.32. The standard InChI is InChI=1S/C11H15BrN6O/c1-17-6-10(12)14-11(17)9-5-18(16-15-9)4-7-2-8(19)3-13-7/h5-8,13,19H,2-4H2,1H3/t7-,8-/m0/s1. The minimum atomic E-state index is -0.251. The lowest BCUT2D eigenvalue weighted by molar-refractivity contribution is 0.192. The molecule has 7 nitrogen and oxygen atoms in total. The van der Waals surface area contributed by atoms with Gasteiger partial charge in [-0.3, -0.25) is 4.68 Å². The van der Waals surface area contributed by atoms with Crippen LogP contribution in [0, 0.1) is 0 Å². The van der Waals surface area contributed by atoms with Crippen molar-refractivity contribution in [1.29, 1.82) is 0 Å². The van der Waals surface area contributed by atoms with Crippen LogP contribution in [-0.2, 0) is 13.6 Å². The molecule has 2 aromatic heterocycles. The van der Waals surface area contributed by atoms with Gasteiger partial charge in [0, 0.05) is 25.8 Å². The van der Waals surface area contributed by atoms with E-state index in [1.54, 1.807) is 4.68 Å². The van der Waals surface area contributed by atoms with E-state index in [2.05, 4.69) is 36.5 Å². The zero-order valence-electron chi connectivity index (χ0n) is 10.5. The van der Waals surface area contributed by atoms with Crippen LogP contribution in [0.25, 0.3) is 11.5 Å². The lowest BCUT2D eigenvalue weighted by atomic mass is 10.2. The van der Waals surface area contributed by atoms with Crippen LogP contribution < -0.4 is 5.32 Å². The van der Waals surface area contributed by atoms with Crippen LogP contribution in [0.5, 0.6) is 0 Å². The number of imidazole rings is 1. The minimum Gasteiger partial charge on any atom is -0.392 e. The molecule has 0 bridgehead atoms. The highest BCUT2D eigenvalue weighted by atomic mass is 79.9. The molecule has 0 aliphatic carbocycles. The van der Waals surface area contributed by atoms with E-state index in [4.69, 9.17) is 0 Å². The lowest BCUT2D eigenvalue weighted by Gasteiger charge is -2.08. The molecular formula is C11H15BrN6O. The molecule has 102 valence electrons. The molecule has 3 heterocycles. The summed E-state index contributed by atoms with van der Waals surface area (Å²) in [5, 5.41) is 21.0. The summed E-state index contributed by atoms with van der Waals surface area (Å²) in [6.45, 7) is 1.36. The number of halogens is 1. The number of β-amino-alcohol motifs (C(OH)–C–C–N with tert-alkyl or cyclic N) is 1. The number of hydrogen-bond acceptors (Lipinski definition) is 5. The molecule has 1 fully saturated rings. The Labute approximate surface area is 118 Å². The maximum absolute atomic E-state index is 9.47. The molecule has 0 saturated carbocycles. The van der Waals surface area contributed by atoms with Gasteiger partial charge in [0.15, 0.2) is 5.82 Å². The Bertz CT molecular complexity index is 580. The first-order valence-electron chi connectivity index (χ1n) is 6.12. The maximum Gasteiger partial charge on any atom is 0.163 e. The van der Waals surface area contributed by atoms with Gasteiger partial charge in [0.1, 0.15) is 10.3 Å². The van der Waals surface area contributed by atoms with Crippen LogP contribution in [0.3, 0.4) is 0 Å². The molecule has 0 spiro atoms. The van der Waals surface area contributed by atoms with Crippen molar-refractivity contribution in [2.24, 2.45) is 7.05 Å². The first kappa shape index (κ1) is 12.8. The van der Waals surface area contributed by atoms with Gasteiger partial charge in [0.05, 0.1) is 18.8 Å². The molecule has 2 N–H and O–H groups in total. The molecule has 0 aromatic carbocycles. The van der Waals surface area contributed by atoms with E-state index in [-0.39, 0.29) is 12.1 Å². The SMILES string of the molecule is Cn1cc(Br)nc1-c1cn(C[C@@H]2C[C@H](O)CN2)nn1. The van der Waals surface area contributed by atoms with E-state index in [1.807, 2.05) is 24.0 Å². The summed E-state index contributed by atoms with van der Waals surface area (Å²) in [6, 6.07) is 0.248. The number of nitrogens with zero attached hydrogens (tertiary/aromatic N) is 5. The van der Waals surface area contributed by atoms with Gasteiger partial charge in [-0.1, -0.05) is 5.21 Å². The number of hydrogen-bond donors (Lipinski definition) is 2. The number of aliphatic hydroxyl groups excluding tert-OH is 1. The third kappa shape index (κ3) is 2.70. The average Bonchev–Trinajstić information content (AvgIpc) is 3.02. The van der Waals surface area contributed by atoms with Gasteiger partial charge in [-0.15, -0.1) is 5.10 Å². The Morgan fingerprint density at radius 2 is 2.37 bits per heavy atom. The molecule has 0 amide bonds. The summed E-state index contributed by atoms with van der Waals surface area (Å²) in [5.74, 6) is 0.776. The van der Waals surface area contributed by atoms with Crippen molar-refractivity contribution in [2.45, 2.75) is 25.1 Å². The van der Waals surface area contributed by atoms with Gasteiger partial charge in [0.25, 0.3) is 0 Å². The first-order chi connectivity index (χ1) is 9.11. The predicted molar refractivity (Wildman–Crippen MR) is 72.3 cm³/mol. The van der Waals surface area contributed by atoms with E-state index < -0.39 is 0 Å². The second kappa shape index (κ2) is 5.03. The molecule has 0 unspecified atom stereocenters. The maximum atomic E-state index is 9.47. The van der Waals surface area contributed by atoms with Crippen molar-refractivity contribution in [1.82, 2.24) is 29.9 Å². The van der Waals surface area contributed by atoms with Crippen LogP contribution in [-0.4, -0.2) is 48.3 Å². The molecule has 2 aromatic rings. The summed E-state index contributed by atoms with van der Waals surface area (Å²) < 4.78 is 4.46. The van der Waals surface area contributed by atoms with E-state index >= 15 is 0 Å². The van der Waals surface area contributed by atoms with Crippen molar-refractivity contribution in [3.63, 3.8) is 0 Å². The molecule has 8 heteroatoms. The van der Waals surface area contributed by atoms with E-state index in [9.17, 15) is 5.11 Å².